The van der Waals surface area contributed by atoms with E-state index >= 15 is 0 Å². The smallest absolute Gasteiger partial charge is 0.249 e. The Kier molecular flexibility index (Phi) is 8.37. The molecule has 8 nitrogen and oxygen atoms in total. The van der Waals surface area contributed by atoms with Gasteiger partial charge in [-0.3, -0.25) is 14.9 Å². The van der Waals surface area contributed by atoms with Crippen molar-refractivity contribution in [3.63, 3.8) is 0 Å². The van der Waals surface area contributed by atoms with Gasteiger partial charge in [-0.25, -0.2) is 0 Å². The number of hydrogen-bond acceptors (Lipinski definition) is 7. The lowest BCUT2D eigenvalue weighted by Crippen LogP contribution is -2.48. The zero-order valence-electron chi connectivity index (χ0n) is 19.1. The van der Waals surface area contributed by atoms with Crippen LogP contribution in [-0.2, 0) is 16.0 Å². The quantitative estimate of drug-likeness (QED) is 0.467. The Morgan fingerprint density at radius 2 is 1.76 bits per heavy atom. The Morgan fingerprint density at radius 1 is 1.03 bits per heavy atom. The summed E-state index contributed by atoms with van der Waals surface area (Å²) >= 11 is 1.26. The molecule has 2 N–H and O–H groups in total. The minimum absolute atomic E-state index is 0.0596. The van der Waals surface area contributed by atoms with Crippen molar-refractivity contribution >= 4 is 28.3 Å². The van der Waals surface area contributed by atoms with Crippen LogP contribution in [0.4, 0.5) is 5.13 Å². The molecule has 0 fully saturated rings. The van der Waals surface area contributed by atoms with Crippen LogP contribution in [0, 0.1) is 5.92 Å². The first-order valence-corrected chi connectivity index (χ1v) is 11.5. The van der Waals surface area contributed by atoms with E-state index in [-0.39, 0.29) is 24.2 Å². The number of nitrogens with one attached hydrogen (secondary N) is 2. The predicted molar refractivity (Wildman–Crippen MR) is 129 cm³/mol. The van der Waals surface area contributed by atoms with Crippen LogP contribution < -0.4 is 20.1 Å². The van der Waals surface area contributed by atoms with E-state index in [1.54, 1.807) is 26.4 Å². The minimum atomic E-state index is -0.690. The Hall–Kier alpha value is -3.46. The lowest BCUT2D eigenvalue weighted by molar-refractivity contribution is -0.127. The zero-order chi connectivity index (χ0) is 23.8. The van der Waals surface area contributed by atoms with Crippen molar-refractivity contribution in [3.05, 3.63) is 54.1 Å². The summed E-state index contributed by atoms with van der Waals surface area (Å²) in [4.78, 5) is 25.7. The molecule has 0 aliphatic carbocycles. The highest BCUT2D eigenvalue weighted by molar-refractivity contribution is 7.18. The van der Waals surface area contributed by atoms with Crippen LogP contribution in [0.25, 0.3) is 10.6 Å². The molecule has 0 saturated carbocycles. The fraction of sp³-hybridized carbons (Fsp3) is 0.333. The second-order valence-electron chi connectivity index (χ2n) is 7.59. The summed E-state index contributed by atoms with van der Waals surface area (Å²) in [7, 11) is 3.19. The van der Waals surface area contributed by atoms with Gasteiger partial charge in [-0.05, 0) is 35.7 Å². The predicted octanol–water partition coefficient (Wildman–Crippen LogP) is 3.93. The number of rotatable bonds is 10. The molecule has 0 radical (unpaired) electrons. The Balaban J connectivity index is 1.66. The van der Waals surface area contributed by atoms with Gasteiger partial charge in [-0.2, -0.15) is 0 Å². The van der Waals surface area contributed by atoms with Crippen molar-refractivity contribution in [2.75, 3.05) is 19.5 Å². The first-order chi connectivity index (χ1) is 15.9. The van der Waals surface area contributed by atoms with Gasteiger partial charge in [0.05, 0.1) is 20.6 Å². The number of carbonyl (C=O) groups excluding carboxylic acids is 2. The van der Waals surface area contributed by atoms with Crippen LogP contribution in [-0.4, -0.2) is 42.3 Å². The topological polar surface area (TPSA) is 102 Å². The number of amides is 2. The van der Waals surface area contributed by atoms with E-state index in [1.165, 1.54) is 11.3 Å². The molecular weight excluding hydrogens is 440 g/mol. The molecule has 0 spiro atoms. The van der Waals surface area contributed by atoms with Crippen molar-refractivity contribution in [2.24, 2.45) is 5.92 Å². The molecule has 1 heterocycles. The molecule has 174 valence electrons. The molecule has 0 aliphatic heterocycles. The lowest BCUT2D eigenvalue weighted by atomic mass is 9.98. The molecule has 3 aromatic rings. The standard InChI is InChI=1S/C24H28N4O4S/c1-5-15(2)21(25-20(29)13-16-9-11-18(31-3)12-10-16)22(30)26-24-28-27-23(33-24)17-7-6-8-19(14-17)32-4/h6-12,14-15,21H,5,13H2,1-4H3,(H,25,29)(H,26,28,30)/t15-,21+/m0/s1. The van der Waals surface area contributed by atoms with Gasteiger partial charge in [0, 0.05) is 5.56 Å². The number of benzene rings is 2. The Labute approximate surface area is 197 Å². The number of anilines is 1. The largest absolute Gasteiger partial charge is 0.497 e. The fourth-order valence-electron chi connectivity index (χ4n) is 3.18. The number of ether oxygens (including phenoxy) is 2. The van der Waals surface area contributed by atoms with Gasteiger partial charge in [-0.1, -0.05) is 55.9 Å². The molecule has 2 atom stereocenters. The molecule has 0 unspecified atom stereocenters. The van der Waals surface area contributed by atoms with Crippen molar-refractivity contribution in [2.45, 2.75) is 32.7 Å². The third-order valence-corrected chi connectivity index (χ3v) is 6.20. The SMILES string of the molecule is CC[C@H](C)[C@@H](NC(=O)Cc1ccc(OC)cc1)C(=O)Nc1nnc(-c2cccc(OC)c2)s1. The zero-order valence-corrected chi connectivity index (χ0v) is 19.9. The fourth-order valence-corrected chi connectivity index (χ4v) is 3.93. The Bertz CT molecular complexity index is 1080. The van der Waals surface area contributed by atoms with Crippen LogP contribution in [0.3, 0.4) is 0 Å². The molecule has 1 aromatic heterocycles. The van der Waals surface area contributed by atoms with Crippen LogP contribution in [0.2, 0.25) is 0 Å². The number of hydrogen-bond donors (Lipinski definition) is 2. The monoisotopic (exact) mass is 468 g/mol. The maximum atomic E-state index is 13.0. The van der Waals surface area contributed by atoms with Crippen LogP contribution >= 0.6 is 11.3 Å². The molecule has 9 heteroatoms. The molecule has 3 rings (SSSR count). The lowest BCUT2D eigenvalue weighted by Gasteiger charge is -2.23. The maximum absolute atomic E-state index is 13.0. The van der Waals surface area contributed by atoms with E-state index in [2.05, 4.69) is 20.8 Å². The van der Waals surface area contributed by atoms with E-state index in [1.807, 2.05) is 50.2 Å². The van der Waals surface area contributed by atoms with Crippen molar-refractivity contribution < 1.29 is 19.1 Å². The second-order valence-corrected chi connectivity index (χ2v) is 8.57. The summed E-state index contributed by atoms with van der Waals surface area (Å²) in [5.41, 5.74) is 1.68. The number of carbonyl (C=O) groups is 2. The number of nitrogens with zero attached hydrogens (tertiary/aromatic N) is 2. The van der Waals surface area contributed by atoms with Gasteiger partial charge >= 0.3 is 0 Å². The van der Waals surface area contributed by atoms with Gasteiger partial charge in [0.2, 0.25) is 16.9 Å². The first kappa shape index (κ1) is 24.2. The summed E-state index contributed by atoms with van der Waals surface area (Å²) in [5, 5.41) is 15.0. The summed E-state index contributed by atoms with van der Waals surface area (Å²) in [5.74, 6) is 0.831. The third-order valence-electron chi connectivity index (χ3n) is 5.31. The van der Waals surface area contributed by atoms with Crippen LogP contribution in [0.5, 0.6) is 11.5 Å². The third kappa shape index (κ3) is 6.52. The van der Waals surface area contributed by atoms with Crippen molar-refractivity contribution in [3.8, 4) is 22.1 Å². The summed E-state index contributed by atoms with van der Waals surface area (Å²) in [6.07, 6.45) is 0.898. The average Bonchev–Trinajstić information content (AvgIpc) is 3.31. The normalized spacial score (nSPS) is 12.5. The number of aromatic nitrogens is 2. The number of methoxy groups -OCH3 is 2. The van der Waals surface area contributed by atoms with E-state index in [0.29, 0.717) is 15.9 Å². The highest BCUT2D eigenvalue weighted by Gasteiger charge is 2.27. The van der Waals surface area contributed by atoms with E-state index in [4.69, 9.17) is 9.47 Å². The molecule has 0 aliphatic rings. The van der Waals surface area contributed by atoms with Gasteiger partial charge in [-0.15, -0.1) is 10.2 Å². The van der Waals surface area contributed by atoms with Crippen LogP contribution in [0.1, 0.15) is 25.8 Å². The maximum Gasteiger partial charge on any atom is 0.249 e. The summed E-state index contributed by atoms with van der Waals surface area (Å²) in [6.45, 7) is 3.91. The van der Waals surface area contributed by atoms with Gasteiger partial charge < -0.3 is 14.8 Å². The van der Waals surface area contributed by atoms with Crippen LogP contribution in [0.15, 0.2) is 48.5 Å². The molecule has 2 aromatic carbocycles. The Morgan fingerprint density at radius 3 is 2.42 bits per heavy atom. The highest BCUT2D eigenvalue weighted by Crippen LogP contribution is 2.29. The molecule has 0 saturated heterocycles. The molecule has 2 amide bonds. The van der Waals surface area contributed by atoms with Gasteiger partial charge in [0.1, 0.15) is 22.5 Å². The van der Waals surface area contributed by atoms with Crippen molar-refractivity contribution in [1.82, 2.24) is 15.5 Å². The van der Waals surface area contributed by atoms with Crippen molar-refractivity contribution in [1.29, 1.82) is 0 Å². The molecular formula is C24H28N4O4S. The minimum Gasteiger partial charge on any atom is -0.497 e. The van der Waals surface area contributed by atoms with E-state index in [9.17, 15) is 9.59 Å². The van der Waals surface area contributed by atoms with Gasteiger partial charge in [0.15, 0.2) is 0 Å². The molecule has 0 bridgehead atoms. The van der Waals surface area contributed by atoms with E-state index < -0.39 is 6.04 Å². The first-order valence-electron chi connectivity index (χ1n) is 10.6. The summed E-state index contributed by atoms with van der Waals surface area (Å²) < 4.78 is 10.4. The summed E-state index contributed by atoms with van der Waals surface area (Å²) in [6, 6.07) is 14.0. The second kappa shape index (κ2) is 11.4. The molecule has 33 heavy (non-hydrogen) atoms. The van der Waals surface area contributed by atoms with E-state index in [0.717, 1.165) is 23.3 Å². The van der Waals surface area contributed by atoms with Gasteiger partial charge in [0.25, 0.3) is 0 Å². The highest BCUT2D eigenvalue weighted by atomic mass is 32.1. The average molecular weight is 469 g/mol.